The van der Waals surface area contributed by atoms with Gasteiger partial charge in [0.25, 0.3) is 5.91 Å². The van der Waals surface area contributed by atoms with Crippen LogP contribution in [0.5, 0.6) is 5.75 Å². The summed E-state index contributed by atoms with van der Waals surface area (Å²) in [6.07, 6.45) is 1.18. The largest absolute Gasteiger partial charge is 0.491 e. The highest BCUT2D eigenvalue weighted by atomic mass is 19.1. The molecule has 2 aromatic heterocycles. The van der Waals surface area contributed by atoms with Crippen molar-refractivity contribution in [3.8, 4) is 5.75 Å². The Morgan fingerprint density at radius 2 is 2.00 bits per heavy atom. The molecule has 2 atom stereocenters. The molecule has 1 unspecified atom stereocenters. The maximum Gasteiger partial charge on any atom is 0.329 e. The summed E-state index contributed by atoms with van der Waals surface area (Å²) in [6.45, 7) is 1.07. The molecule has 3 aromatic rings. The van der Waals surface area contributed by atoms with Gasteiger partial charge in [-0.15, -0.1) is 0 Å². The van der Waals surface area contributed by atoms with Gasteiger partial charge in [0, 0.05) is 31.9 Å². The van der Waals surface area contributed by atoms with E-state index in [4.69, 9.17) is 9.84 Å². The van der Waals surface area contributed by atoms with Crippen LogP contribution in [0.2, 0.25) is 0 Å². The predicted molar refractivity (Wildman–Crippen MR) is 137 cm³/mol. The Morgan fingerprint density at radius 3 is 2.79 bits per heavy atom. The van der Waals surface area contributed by atoms with Gasteiger partial charge in [0.15, 0.2) is 5.82 Å². The lowest BCUT2D eigenvalue weighted by atomic mass is 10.1. The van der Waals surface area contributed by atoms with Crippen LogP contribution < -0.4 is 25.2 Å². The normalized spacial score (nSPS) is 16.6. The number of pyridine rings is 2. The number of anilines is 3. The van der Waals surface area contributed by atoms with Crippen LogP contribution in [0, 0.1) is 5.82 Å². The van der Waals surface area contributed by atoms with Crippen molar-refractivity contribution in [1.29, 1.82) is 0 Å². The van der Waals surface area contributed by atoms with Crippen molar-refractivity contribution in [2.75, 3.05) is 41.4 Å². The Labute approximate surface area is 217 Å². The lowest BCUT2D eigenvalue weighted by Crippen LogP contribution is -2.48. The molecule has 4 heterocycles. The second-order valence-electron chi connectivity index (χ2n) is 9.06. The Morgan fingerprint density at radius 1 is 1.18 bits per heavy atom. The first-order valence-corrected chi connectivity index (χ1v) is 12.2. The summed E-state index contributed by atoms with van der Waals surface area (Å²) in [5, 5.41) is 24.0. The van der Waals surface area contributed by atoms with Crippen molar-refractivity contribution in [2.45, 2.75) is 25.1 Å². The number of halogens is 1. The SMILES string of the molecule is O=C(NCc1ccc(F)cc1)c1ccc2c(n1)N(C(=O)Nc1cc(OC[C@H](O)CO)ccn1)C1CCN2C1. The monoisotopic (exact) mass is 522 g/mol. The van der Waals surface area contributed by atoms with E-state index in [0.29, 0.717) is 18.1 Å². The van der Waals surface area contributed by atoms with Gasteiger partial charge in [-0.05, 0) is 42.3 Å². The smallest absolute Gasteiger partial charge is 0.329 e. The van der Waals surface area contributed by atoms with Gasteiger partial charge in [-0.3, -0.25) is 15.0 Å². The molecular formula is C26H27FN6O5. The second kappa shape index (κ2) is 11.0. The lowest BCUT2D eigenvalue weighted by Gasteiger charge is -2.35. The molecule has 3 amide bonds. The number of urea groups is 1. The first-order valence-electron chi connectivity index (χ1n) is 12.2. The van der Waals surface area contributed by atoms with Gasteiger partial charge in [-0.25, -0.2) is 19.2 Å². The number of carbonyl (C=O) groups excluding carboxylic acids is 2. The lowest BCUT2D eigenvalue weighted by molar-refractivity contribution is 0.0536. The quantitative estimate of drug-likeness (QED) is 0.352. The topological polar surface area (TPSA) is 140 Å². The minimum atomic E-state index is -1.02. The predicted octanol–water partition coefficient (Wildman–Crippen LogP) is 1.91. The van der Waals surface area contributed by atoms with E-state index in [1.807, 2.05) is 0 Å². The van der Waals surface area contributed by atoms with E-state index in [1.54, 1.807) is 35.2 Å². The van der Waals surface area contributed by atoms with Crippen LogP contribution in [0.4, 0.5) is 26.5 Å². The Kier molecular flexibility index (Phi) is 7.33. The molecule has 5 rings (SSSR count). The molecule has 12 heteroatoms. The van der Waals surface area contributed by atoms with Crippen molar-refractivity contribution in [1.82, 2.24) is 15.3 Å². The summed E-state index contributed by atoms with van der Waals surface area (Å²) < 4.78 is 18.6. The van der Waals surface area contributed by atoms with Crippen LogP contribution in [0.1, 0.15) is 22.5 Å². The molecule has 1 saturated heterocycles. The van der Waals surface area contributed by atoms with Gasteiger partial charge in [-0.2, -0.15) is 0 Å². The molecule has 0 spiro atoms. The minimum absolute atomic E-state index is 0.110. The molecule has 1 aromatic carbocycles. The number of nitrogens with one attached hydrogen (secondary N) is 2. The molecule has 0 aliphatic carbocycles. The third-order valence-electron chi connectivity index (χ3n) is 6.39. The molecule has 38 heavy (non-hydrogen) atoms. The van der Waals surface area contributed by atoms with Crippen molar-refractivity contribution in [2.24, 2.45) is 0 Å². The van der Waals surface area contributed by atoms with Crippen LogP contribution in [0.25, 0.3) is 0 Å². The van der Waals surface area contributed by atoms with Gasteiger partial charge >= 0.3 is 6.03 Å². The van der Waals surface area contributed by atoms with Gasteiger partial charge in [0.05, 0.1) is 18.3 Å². The molecule has 1 fully saturated rings. The first-order chi connectivity index (χ1) is 18.4. The number of benzene rings is 1. The molecule has 4 N–H and O–H groups in total. The van der Waals surface area contributed by atoms with E-state index in [1.165, 1.54) is 24.4 Å². The Bertz CT molecular complexity index is 1320. The molecule has 0 radical (unpaired) electrons. The van der Waals surface area contributed by atoms with Gasteiger partial charge in [0.2, 0.25) is 0 Å². The number of hydrogen-bond donors (Lipinski definition) is 4. The van der Waals surface area contributed by atoms with E-state index in [0.717, 1.165) is 24.2 Å². The number of aromatic nitrogens is 2. The fourth-order valence-electron chi connectivity index (χ4n) is 4.46. The third-order valence-corrected chi connectivity index (χ3v) is 6.39. The number of rotatable bonds is 8. The molecule has 2 aliphatic heterocycles. The molecule has 0 saturated carbocycles. The number of amides is 3. The van der Waals surface area contributed by atoms with Crippen LogP contribution in [0.3, 0.4) is 0 Å². The van der Waals surface area contributed by atoms with Gasteiger partial charge in [-0.1, -0.05) is 12.1 Å². The average Bonchev–Trinajstić information content (AvgIpc) is 3.35. The zero-order chi connectivity index (χ0) is 26.6. The summed E-state index contributed by atoms with van der Waals surface area (Å²) in [4.78, 5) is 38.7. The standard InChI is InChI=1S/C26H27FN6O5/c27-17-3-1-16(2-4-17)12-29-25(36)21-5-6-22-24(30-21)33(18-8-10-32(22)13-18)26(37)31-23-11-20(7-9-28-23)38-15-19(35)14-34/h1-7,9,11,18-19,34-35H,8,10,12-15H2,(H,29,36)(H,28,31,37)/t18?,19-/m1/s1. The van der Waals surface area contributed by atoms with Crippen LogP contribution in [-0.4, -0.2) is 70.6 Å². The summed E-state index contributed by atoms with van der Waals surface area (Å²) >= 11 is 0. The van der Waals surface area contributed by atoms with Crippen molar-refractivity contribution in [3.63, 3.8) is 0 Å². The van der Waals surface area contributed by atoms with Crippen molar-refractivity contribution >= 4 is 29.3 Å². The highest BCUT2D eigenvalue weighted by Gasteiger charge is 2.40. The number of carbonyl (C=O) groups is 2. The average molecular weight is 523 g/mol. The maximum absolute atomic E-state index is 13.4. The number of aliphatic hydroxyl groups is 2. The minimum Gasteiger partial charge on any atom is -0.491 e. The highest BCUT2D eigenvalue weighted by molar-refractivity contribution is 6.05. The summed E-state index contributed by atoms with van der Waals surface area (Å²) in [5.41, 5.74) is 1.65. The molecular weight excluding hydrogens is 495 g/mol. The molecule has 2 bridgehead atoms. The number of ether oxygens (including phenoxy) is 1. The Hall–Kier alpha value is -4.29. The van der Waals surface area contributed by atoms with Crippen LogP contribution in [0.15, 0.2) is 54.7 Å². The highest BCUT2D eigenvalue weighted by Crippen LogP contribution is 2.39. The summed E-state index contributed by atoms with van der Waals surface area (Å²) in [6, 6.07) is 11.8. The molecule has 198 valence electrons. The summed E-state index contributed by atoms with van der Waals surface area (Å²) in [5.74, 6) is 0.216. The first kappa shape index (κ1) is 25.4. The second-order valence-corrected chi connectivity index (χ2v) is 9.06. The van der Waals surface area contributed by atoms with Crippen LogP contribution in [-0.2, 0) is 6.54 Å². The van der Waals surface area contributed by atoms with E-state index in [-0.39, 0.29) is 36.5 Å². The molecule has 2 aliphatic rings. The van der Waals surface area contributed by atoms with E-state index < -0.39 is 24.6 Å². The van der Waals surface area contributed by atoms with E-state index in [9.17, 15) is 19.1 Å². The van der Waals surface area contributed by atoms with E-state index >= 15 is 0 Å². The number of hydrogen-bond acceptors (Lipinski definition) is 8. The van der Waals surface area contributed by atoms with Crippen molar-refractivity contribution in [3.05, 3.63) is 71.8 Å². The molecule has 11 nitrogen and oxygen atoms in total. The zero-order valence-corrected chi connectivity index (χ0v) is 20.4. The number of fused-ring (bicyclic) bond motifs is 4. The fourth-order valence-corrected chi connectivity index (χ4v) is 4.46. The van der Waals surface area contributed by atoms with Gasteiger partial charge in [0.1, 0.15) is 35.8 Å². The number of aliphatic hydroxyl groups excluding tert-OH is 2. The summed E-state index contributed by atoms with van der Waals surface area (Å²) in [7, 11) is 0. The van der Waals surface area contributed by atoms with Gasteiger partial charge < -0.3 is 25.2 Å². The van der Waals surface area contributed by atoms with Crippen molar-refractivity contribution < 1.29 is 28.9 Å². The fraction of sp³-hybridized carbons (Fsp3) is 0.308. The Balaban J connectivity index is 1.32. The zero-order valence-electron chi connectivity index (χ0n) is 20.4. The number of nitrogens with zero attached hydrogens (tertiary/aromatic N) is 4. The van der Waals surface area contributed by atoms with E-state index in [2.05, 4.69) is 25.5 Å². The third kappa shape index (κ3) is 5.50. The van der Waals surface area contributed by atoms with Crippen LogP contribution >= 0.6 is 0 Å². The maximum atomic E-state index is 13.4.